The molecule has 1 nitrogen and oxygen atoms in total. The van der Waals surface area contributed by atoms with Gasteiger partial charge in [-0.1, -0.05) is 32.8 Å². The summed E-state index contributed by atoms with van der Waals surface area (Å²) >= 11 is 0. The predicted octanol–water partition coefficient (Wildman–Crippen LogP) is 3.69. The molecule has 0 bridgehead atoms. The fourth-order valence-corrected chi connectivity index (χ4v) is 2.99. The normalized spacial score (nSPS) is 32.5. The van der Waals surface area contributed by atoms with Crippen LogP contribution in [0.1, 0.15) is 38.7 Å². The van der Waals surface area contributed by atoms with Crippen LogP contribution >= 0.6 is 0 Å². The van der Waals surface area contributed by atoms with Crippen LogP contribution in [0.15, 0.2) is 18.2 Å². The molecule has 0 amide bonds. The van der Waals surface area contributed by atoms with Crippen molar-refractivity contribution in [3.8, 4) is 0 Å². The van der Waals surface area contributed by atoms with Crippen LogP contribution in [0.4, 0.5) is 8.78 Å². The fourth-order valence-electron chi connectivity index (χ4n) is 2.99. The molecular formula is C15H20F2O. The molecule has 18 heavy (non-hydrogen) atoms. The highest BCUT2D eigenvalue weighted by molar-refractivity contribution is 5.20. The lowest BCUT2D eigenvalue weighted by Gasteiger charge is -2.42. The summed E-state index contributed by atoms with van der Waals surface area (Å²) in [5, 5.41) is 10.7. The summed E-state index contributed by atoms with van der Waals surface area (Å²) < 4.78 is 26.0. The summed E-state index contributed by atoms with van der Waals surface area (Å²) in [5.74, 6) is -1.03. The molecular weight excluding hydrogens is 234 g/mol. The van der Waals surface area contributed by atoms with Gasteiger partial charge < -0.3 is 5.11 Å². The lowest BCUT2D eigenvalue weighted by atomic mass is 9.68. The molecule has 1 aromatic rings. The van der Waals surface area contributed by atoms with Gasteiger partial charge in [0.2, 0.25) is 0 Å². The van der Waals surface area contributed by atoms with E-state index < -0.39 is 17.2 Å². The Morgan fingerprint density at radius 1 is 1.28 bits per heavy atom. The van der Waals surface area contributed by atoms with Gasteiger partial charge in [-0.25, -0.2) is 8.78 Å². The molecule has 0 spiro atoms. The molecule has 0 saturated heterocycles. The third-order valence-corrected chi connectivity index (χ3v) is 4.46. The Bertz CT molecular complexity index is 433. The van der Waals surface area contributed by atoms with Crippen molar-refractivity contribution in [3.05, 3.63) is 35.4 Å². The van der Waals surface area contributed by atoms with Crippen molar-refractivity contribution in [2.24, 2.45) is 11.8 Å². The molecule has 1 fully saturated rings. The van der Waals surface area contributed by atoms with Gasteiger partial charge in [-0.2, -0.15) is 0 Å². The van der Waals surface area contributed by atoms with E-state index in [4.69, 9.17) is 0 Å². The molecule has 1 aliphatic carbocycles. The summed E-state index contributed by atoms with van der Waals surface area (Å²) in [7, 11) is 0. The average molecular weight is 254 g/mol. The quantitative estimate of drug-likeness (QED) is 0.853. The number of hydrogen-bond donors (Lipinski definition) is 1. The Balaban J connectivity index is 2.18. The summed E-state index contributed by atoms with van der Waals surface area (Å²) in [6.07, 6.45) is 3.25. The molecule has 3 heteroatoms. The molecule has 1 aliphatic rings. The number of halogens is 2. The second-order valence-electron chi connectivity index (χ2n) is 5.69. The zero-order valence-electron chi connectivity index (χ0n) is 10.9. The first-order valence-corrected chi connectivity index (χ1v) is 6.59. The Labute approximate surface area is 107 Å². The van der Waals surface area contributed by atoms with Gasteiger partial charge in [-0.05, 0) is 36.0 Å². The molecule has 3 unspecified atom stereocenters. The van der Waals surface area contributed by atoms with E-state index in [9.17, 15) is 13.9 Å². The summed E-state index contributed by atoms with van der Waals surface area (Å²) in [6, 6.07) is 3.88. The minimum Gasteiger partial charge on any atom is -0.389 e. The first-order chi connectivity index (χ1) is 8.42. The van der Waals surface area contributed by atoms with Crippen LogP contribution in [-0.4, -0.2) is 10.7 Å². The highest BCUT2D eigenvalue weighted by Crippen LogP contribution is 2.39. The zero-order chi connectivity index (χ0) is 13.3. The smallest absolute Gasteiger partial charge is 0.159 e. The molecule has 0 aromatic heterocycles. The topological polar surface area (TPSA) is 20.2 Å². The van der Waals surface area contributed by atoms with Gasteiger partial charge in [0, 0.05) is 6.42 Å². The summed E-state index contributed by atoms with van der Waals surface area (Å²) in [6.45, 7) is 4.18. The van der Waals surface area contributed by atoms with Gasteiger partial charge in [0.05, 0.1) is 5.60 Å². The van der Waals surface area contributed by atoms with Crippen LogP contribution in [0.5, 0.6) is 0 Å². The van der Waals surface area contributed by atoms with E-state index in [0.29, 0.717) is 17.9 Å². The average Bonchev–Trinajstić information content (AvgIpc) is 2.31. The van der Waals surface area contributed by atoms with Crippen LogP contribution in [0.3, 0.4) is 0 Å². The maximum Gasteiger partial charge on any atom is 0.159 e. The van der Waals surface area contributed by atoms with Gasteiger partial charge in [0.1, 0.15) is 0 Å². The molecule has 0 aliphatic heterocycles. The SMILES string of the molecule is CC1CCCC(O)(Cc2ccc(F)c(F)c2)C1C. The van der Waals surface area contributed by atoms with Crippen molar-refractivity contribution in [2.75, 3.05) is 0 Å². The van der Waals surface area contributed by atoms with Crippen molar-refractivity contribution in [1.82, 2.24) is 0 Å². The lowest BCUT2D eigenvalue weighted by Crippen LogP contribution is -2.44. The standard InChI is InChI=1S/C15H20F2O/c1-10-4-3-7-15(18,11(10)2)9-12-5-6-13(16)14(17)8-12/h5-6,8,10-11,18H,3-4,7,9H2,1-2H3. The highest BCUT2D eigenvalue weighted by Gasteiger charge is 2.39. The van der Waals surface area contributed by atoms with E-state index >= 15 is 0 Å². The number of hydrogen-bond acceptors (Lipinski definition) is 1. The third kappa shape index (κ3) is 2.56. The van der Waals surface area contributed by atoms with E-state index in [-0.39, 0.29) is 5.92 Å². The van der Waals surface area contributed by atoms with Crippen molar-refractivity contribution in [1.29, 1.82) is 0 Å². The molecule has 3 atom stereocenters. The van der Waals surface area contributed by atoms with Gasteiger partial charge in [0.15, 0.2) is 11.6 Å². The van der Waals surface area contributed by atoms with Crippen LogP contribution < -0.4 is 0 Å². The molecule has 100 valence electrons. The van der Waals surface area contributed by atoms with Crippen LogP contribution in [-0.2, 0) is 6.42 Å². The lowest BCUT2D eigenvalue weighted by molar-refractivity contribution is -0.0621. The minimum absolute atomic E-state index is 0.180. The Kier molecular flexibility index (Phi) is 3.71. The molecule has 0 radical (unpaired) electrons. The minimum atomic E-state index is -0.840. The van der Waals surface area contributed by atoms with Crippen molar-refractivity contribution < 1.29 is 13.9 Å². The van der Waals surface area contributed by atoms with Crippen molar-refractivity contribution in [2.45, 2.75) is 45.1 Å². The maximum absolute atomic E-state index is 13.2. The largest absolute Gasteiger partial charge is 0.389 e. The van der Waals surface area contributed by atoms with Gasteiger partial charge in [0.25, 0.3) is 0 Å². The summed E-state index contributed by atoms with van der Waals surface area (Å²) in [4.78, 5) is 0. The van der Waals surface area contributed by atoms with E-state index in [2.05, 4.69) is 6.92 Å². The van der Waals surface area contributed by atoms with Crippen molar-refractivity contribution >= 4 is 0 Å². The molecule has 2 rings (SSSR count). The first kappa shape index (κ1) is 13.5. The van der Waals surface area contributed by atoms with Crippen LogP contribution in [0.2, 0.25) is 0 Å². The van der Waals surface area contributed by atoms with Crippen LogP contribution in [0.25, 0.3) is 0 Å². The van der Waals surface area contributed by atoms with Gasteiger partial charge in [-0.15, -0.1) is 0 Å². The fraction of sp³-hybridized carbons (Fsp3) is 0.600. The van der Waals surface area contributed by atoms with E-state index in [1.165, 1.54) is 6.07 Å². The third-order valence-electron chi connectivity index (χ3n) is 4.46. The maximum atomic E-state index is 13.2. The van der Waals surface area contributed by atoms with E-state index in [1.807, 2.05) is 6.92 Å². The Morgan fingerprint density at radius 3 is 2.67 bits per heavy atom. The Hall–Kier alpha value is -0.960. The van der Waals surface area contributed by atoms with Crippen molar-refractivity contribution in [3.63, 3.8) is 0 Å². The van der Waals surface area contributed by atoms with E-state index in [1.54, 1.807) is 6.07 Å². The predicted molar refractivity (Wildman–Crippen MR) is 67.2 cm³/mol. The van der Waals surface area contributed by atoms with E-state index in [0.717, 1.165) is 25.3 Å². The zero-order valence-corrected chi connectivity index (χ0v) is 10.9. The molecule has 0 heterocycles. The molecule has 1 saturated carbocycles. The summed E-state index contributed by atoms with van der Waals surface area (Å²) in [5.41, 5.74) is -0.126. The molecule has 1 aromatic carbocycles. The second-order valence-corrected chi connectivity index (χ2v) is 5.69. The highest BCUT2D eigenvalue weighted by atomic mass is 19.2. The van der Waals surface area contributed by atoms with Gasteiger partial charge >= 0.3 is 0 Å². The van der Waals surface area contributed by atoms with Crippen LogP contribution in [0, 0.1) is 23.5 Å². The number of benzene rings is 1. The monoisotopic (exact) mass is 254 g/mol. The second kappa shape index (κ2) is 4.96. The first-order valence-electron chi connectivity index (χ1n) is 6.59. The number of aliphatic hydroxyl groups is 1. The number of rotatable bonds is 2. The Morgan fingerprint density at radius 2 is 2.00 bits per heavy atom. The molecule has 1 N–H and O–H groups in total. The van der Waals surface area contributed by atoms with Gasteiger partial charge in [-0.3, -0.25) is 0 Å².